The zero-order chi connectivity index (χ0) is 88.0. The Kier molecular flexibility index (Phi) is 35.3. The molecular weight excluding hydrogens is 1650 g/mol. The standard InChI is InChI=1S/C64H107N5O49S/c1-15(78)65-29-38(87)48(23(9-73)102-56(29)97)111-57-30(66-16(2)79)40(89)51(26(12-76)106-57)114-62-47(96)53(37(86)28(110-62)14-101-63-54(44(93)35(84)21(7-71)104-63)116-59-32(68-18(4)81)41(90)50(25(11-75)108-59)113-61-46(95)43(92)34(83)20(6-70)103-61)115-64-55(45(94)36(85)22(8-72)105-64)117-60-31(67-17(3)80)39(88)49(24(10-74)107-60)112-58-33(69-19(5)82)42(91)52(27(13-77)109-58)118-119(98,99)100/h20-64,70-77,83-97H,6-14H2,1-5H3,(H,65,78)(H,66,79)(H,67,80)(H,68,81)(H,69,82)(H,98,99,100)/t20-,21-,22-,23-,24-,25-,26-,27-,28-,29-,30-,31-,32-,33-,34+,35-,36-,37-,38-,39-,40-,41-,42-,43+,44+,45+,46-,47+,48-,49-,50-,51-,52+,53+,54+,55+,56-,57+,58+,59+,60+,61+,62+,63+,64-/m1/s1. The minimum absolute atomic E-state index is 0.802. The smallest absolute Gasteiger partial charge is 0.394 e. The lowest BCUT2D eigenvalue weighted by Crippen LogP contribution is -2.71. The molecule has 0 spiro atoms. The molecular formula is C64H107N5O49S. The van der Waals surface area contributed by atoms with Gasteiger partial charge >= 0.3 is 10.4 Å². The molecule has 119 heavy (non-hydrogen) atoms. The lowest BCUT2D eigenvalue weighted by atomic mass is 9.93. The van der Waals surface area contributed by atoms with Crippen molar-refractivity contribution >= 4 is 39.9 Å². The van der Waals surface area contributed by atoms with Crippen LogP contribution in [-0.2, 0) is 119 Å². The fraction of sp³-hybridized carbons (Fsp3) is 0.922. The van der Waals surface area contributed by atoms with Crippen molar-refractivity contribution in [2.24, 2.45) is 0 Å². The molecule has 688 valence electrons. The molecule has 0 aromatic carbocycles. The molecule has 9 aliphatic rings. The number of hydrogen-bond donors (Lipinski definition) is 29. The molecule has 0 aliphatic carbocycles. The van der Waals surface area contributed by atoms with Crippen LogP contribution in [0, 0.1) is 0 Å². The molecule has 45 atom stereocenters. The van der Waals surface area contributed by atoms with Crippen LogP contribution in [0.4, 0.5) is 0 Å². The first-order valence-electron chi connectivity index (χ1n) is 37.3. The van der Waals surface area contributed by atoms with Gasteiger partial charge in [-0.1, -0.05) is 0 Å². The Morgan fingerprint density at radius 3 is 0.882 bits per heavy atom. The summed E-state index contributed by atoms with van der Waals surface area (Å²) < 4.78 is 139. The van der Waals surface area contributed by atoms with Gasteiger partial charge in [0.05, 0.1) is 59.5 Å². The molecule has 0 aromatic heterocycles. The van der Waals surface area contributed by atoms with E-state index in [-0.39, 0.29) is 0 Å². The van der Waals surface area contributed by atoms with Crippen molar-refractivity contribution < 1.29 is 239 Å². The van der Waals surface area contributed by atoms with E-state index in [1.165, 1.54) is 0 Å². The van der Waals surface area contributed by atoms with Crippen LogP contribution in [0.5, 0.6) is 0 Å². The van der Waals surface area contributed by atoms with Crippen LogP contribution < -0.4 is 26.6 Å². The van der Waals surface area contributed by atoms with Crippen molar-refractivity contribution in [1.82, 2.24) is 26.6 Å². The van der Waals surface area contributed by atoms with Crippen LogP contribution in [0.1, 0.15) is 34.6 Å². The second kappa shape index (κ2) is 42.7. The number of hydrogen-bond acceptors (Lipinski definition) is 48. The first-order valence-corrected chi connectivity index (χ1v) is 38.6. The Hall–Kier alpha value is -4.38. The number of ether oxygens (including phenoxy) is 17. The number of carbonyl (C=O) groups excluding carboxylic acids is 5. The second-order valence-electron chi connectivity index (χ2n) is 29.4. The largest absolute Gasteiger partial charge is 0.397 e. The quantitative estimate of drug-likeness (QED) is 0.0278. The predicted octanol–water partition coefficient (Wildman–Crippen LogP) is -20.1. The number of nitrogens with one attached hydrogen (secondary N) is 5. The van der Waals surface area contributed by atoms with Crippen molar-refractivity contribution in [2.45, 2.75) is 311 Å². The van der Waals surface area contributed by atoms with Crippen molar-refractivity contribution in [2.75, 3.05) is 59.5 Å². The summed E-state index contributed by atoms with van der Waals surface area (Å²) in [5.74, 6) is -4.70. The third-order valence-electron chi connectivity index (χ3n) is 21.0. The summed E-state index contributed by atoms with van der Waals surface area (Å²) in [6, 6.07) is -9.55. The van der Waals surface area contributed by atoms with E-state index in [0.717, 1.165) is 34.6 Å². The van der Waals surface area contributed by atoms with E-state index in [1.807, 2.05) is 0 Å². The Bertz CT molecular complexity index is 3380. The highest BCUT2D eigenvalue weighted by Gasteiger charge is 2.62. The summed E-state index contributed by atoms with van der Waals surface area (Å²) in [7, 11) is -5.44. The van der Waals surface area contributed by atoms with Gasteiger partial charge in [0, 0.05) is 34.6 Å². The molecule has 0 radical (unpaired) electrons. The van der Waals surface area contributed by atoms with Crippen molar-refractivity contribution in [3.63, 3.8) is 0 Å². The fourth-order valence-corrected chi connectivity index (χ4v) is 15.6. The van der Waals surface area contributed by atoms with Crippen LogP contribution in [0.25, 0.3) is 0 Å². The van der Waals surface area contributed by atoms with Crippen molar-refractivity contribution in [1.29, 1.82) is 0 Å². The number of carbonyl (C=O) groups is 5. The Morgan fingerprint density at radius 2 is 0.521 bits per heavy atom. The molecule has 0 aromatic rings. The molecule has 55 heteroatoms. The third kappa shape index (κ3) is 22.7. The maximum Gasteiger partial charge on any atom is 0.397 e. The first-order chi connectivity index (χ1) is 56.1. The first kappa shape index (κ1) is 98.4. The predicted molar refractivity (Wildman–Crippen MR) is 365 cm³/mol. The van der Waals surface area contributed by atoms with E-state index < -0.39 is 375 Å². The summed E-state index contributed by atoms with van der Waals surface area (Å²) in [6.07, 6.45) is -85.5. The van der Waals surface area contributed by atoms with E-state index in [1.54, 1.807) is 0 Å². The topological polar surface area (TPSA) is 831 Å². The maximum atomic E-state index is 13.1. The van der Waals surface area contributed by atoms with Gasteiger partial charge in [0.1, 0.15) is 219 Å². The van der Waals surface area contributed by atoms with Gasteiger partial charge in [0.15, 0.2) is 56.6 Å². The number of rotatable bonds is 32. The van der Waals surface area contributed by atoms with Gasteiger partial charge in [0.2, 0.25) is 29.5 Å². The average molecular weight is 1760 g/mol. The lowest BCUT2D eigenvalue weighted by molar-refractivity contribution is -0.398. The van der Waals surface area contributed by atoms with Crippen LogP contribution >= 0.6 is 0 Å². The Balaban J connectivity index is 1.06. The van der Waals surface area contributed by atoms with Gasteiger partial charge in [-0.2, -0.15) is 8.42 Å². The fourth-order valence-electron chi connectivity index (χ4n) is 15.1. The van der Waals surface area contributed by atoms with E-state index in [9.17, 15) is 154 Å². The summed E-state index contributed by atoms with van der Waals surface area (Å²) in [6.45, 7) is -5.71. The molecule has 9 aliphatic heterocycles. The Morgan fingerprint density at radius 1 is 0.261 bits per heavy atom. The minimum atomic E-state index is -5.44. The van der Waals surface area contributed by atoms with Crippen LogP contribution in [-0.4, -0.2) is 495 Å². The van der Waals surface area contributed by atoms with E-state index in [2.05, 4.69) is 30.8 Å². The second-order valence-corrected chi connectivity index (χ2v) is 30.4. The van der Waals surface area contributed by atoms with Gasteiger partial charge in [-0.25, -0.2) is 4.18 Å². The number of aliphatic hydroxyl groups excluding tert-OH is 23. The van der Waals surface area contributed by atoms with E-state index in [4.69, 9.17) is 80.5 Å². The molecule has 9 rings (SSSR count). The van der Waals surface area contributed by atoms with Crippen LogP contribution in [0.2, 0.25) is 0 Å². The van der Waals surface area contributed by atoms with Crippen molar-refractivity contribution in [3.05, 3.63) is 0 Å². The number of aliphatic hydroxyl groups is 23. The molecule has 9 fully saturated rings. The zero-order valence-corrected chi connectivity index (χ0v) is 64.5. The normalized spacial score (nSPS) is 46.8. The van der Waals surface area contributed by atoms with Crippen molar-refractivity contribution in [3.8, 4) is 0 Å². The summed E-state index contributed by atoms with van der Waals surface area (Å²) in [5.41, 5.74) is 0. The summed E-state index contributed by atoms with van der Waals surface area (Å²) >= 11 is 0. The third-order valence-corrected chi connectivity index (χ3v) is 21.4. The van der Waals surface area contributed by atoms with E-state index >= 15 is 0 Å². The lowest BCUT2D eigenvalue weighted by Gasteiger charge is -2.51. The number of amides is 5. The Labute approximate surface area is 673 Å². The zero-order valence-electron chi connectivity index (χ0n) is 63.7. The molecule has 9 heterocycles. The SMILES string of the molecule is CC(=O)N[C@@H]1[C@@H](O)[C@H](O[C@@H]2O[C@H](CO)[C@@H](O[C@@H]3O[C@H](CO[C@H]4O[C@H](CO)[C@@H](O)[C@H](O)[C@@H]4O[C@@H]4O[C@H](CO)[C@@H](O[C@@H]5O[C@H](CO)[C@H](O)[C@H](O)[C@H]5O)[C@H](O)[C@H]4NC(C)=O)[C@@H](O)[C@H](O[C@H]4O[C@H](CO)[C@@H](O)[C@H](O)[C@@H]4O[C@@H]4O[C@H](CO)[C@@H](O[C@@H]5O[C@H](CO)[C@H](OS(=O)(=O)O)[C@H](O)[C@H]5NC(C)=O)[C@H](O)[C@H]4NC(C)=O)[C@@H]3O)[C@H](O)[C@H]2NC(C)=O)[C@@H](CO)O[C@H]1O. The molecule has 9 saturated heterocycles. The highest BCUT2D eigenvalue weighted by atomic mass is 32.3. The maximum absolute atomic E-state index is 13.1. The van der Waals surface area contributed by atoms with E-state index in [0.29, 0.717) is 0 Å². The molecule has 0 unspecified atom stereocenters. The monoisotopic (exact) mass is 1760 g/mol. The summed E-state index contributed by atoms with van der Waals surface area (Å²) in [4.78, 5) is 63.7. The van der Waals surface area contributed by atoms with Crippen LogP contribution in [0.15, 0.2) is 0 Å². The summed E-state index contributed by atoms with van der Waals surface area (Å²) in [5, 5.41) is 270. The molecule has 54 nitrogen and oxygen atoms in total. The van der Waals surface area contributed by atoms with Gasteiger partial charge < -0.3 is 225 Å². The van der Waals surface area contributed by atoms with Gasteiger partial charge in [-0.15, -0.1) is 0 Å². The molecule has 0 saturated carbocycles. The molecule has 29 N–H and O–H groups in total. The minimum Gasteiger partial charge on any atom is -0.394 e. The van der Waals surface area contributed by atoms with Gasteiger partial charge in [0.25, 0.3) is 0 Å². The van der Waals surface area contributed by atoms with Crippen LogP contribution in [0.3, 0.4) is 0 Å². The molecule has 5 amide bonds. The highest BCUT2D eigenvalue weighted by Crippen LogP contribution is 2.40. The average Bonchev–Trinajstić information content (AvgIpc) is 0.769. The van der Waals surface area contributed by atoms with Gasteiger partial charge in [-0.05, 0) is 0 Å². The van der Waals surface area contributed by atoms with Gasteiger partial charge in [-0.3, -0.25) is 28.5 Å². The molecule has 0 bridgehead atoms. The highest BCUT2D eigenvalue weighted by molar-refractivity contribution is 7.80.